The molecule has 1 aromatic carbocycles. The fourth-order valence-electron chi connectivity index (χ4n) is 2.82. The molecule has 21 heavy (non-hydrogen) atoms. The van der Waals surface area contributed by atoms with E-state index in [-0.39, 0.29) is 11.6 Å². The summed E-state index contributed by atoms with van der Waals surface area (Å²) in [5, 5.41) is 9.08. The lowest BCUT2D eigenvalue weighted by atomic mass is 9.88. The van der Waals surface area contributed by atoms with Crippen molar-refractivity contribution in [3.05, 3.63) is 29.3 Å². The van der Waals surface area contributed by atoms with Crippen LogP contribution < -0.4 is 10.5 Å². The summed E-state index contributed by atoms with van der Waals surface area (Å²) in [6, 6.07) is 6.85. The number of primary amides is 1. The Kier molecular flexibility index (Phi) is 4.08. The van der Waals surface area contributed by atoms with Crippen LogP contribution in [0.25, 0.3) is 0 Å². The van der Waals surface area contributed by atoms with E-state index in [2.05, 4.69) is 6.07 Å². The van der Waals surface area contributed by atoms with E-state index in [4.69, 9.17) is 15.7 Å². The summed E-state index contributed by atoms with van der Waals surface area (Å²) in [7, 11) is 0. The molecule has 0 fully saturated rings. The zero-order valence-electron chi connectivity index (χ0n) is 12.7. The molecule has 1 heterocycles. The summed E-state index contributed by atoms with van der Waals surface area (Å²) >= 11 is 0. The Labute approximate surface area is 125 Å². The van der Waals surface area contributed by atoms with Crippen LogP contribution >= 0.6 is 0 Å². The van der Waals surface area contributed by atoms with Gasteiger partial charge in [-0.1, -0.05) is 6.92 Å². The van der Waals surface area contributed by atoms with Crippen molar-refractivity contribution < 1.29 is 9.53 Å². The maximum atomic E-state index is 11.8. The lowest BCUT2D eigenvalue weighted by molar-refractivity contribution is 0.0413. The molecule has 2 amide bonds. The number of rotatable bonds is 3. The summed E-state index contributed by atoms with van der Waals surface area (Å²) < 4.78 is 5.97. The molecule has 112 valence electrons. The molecule has 0 saturated carbocycles. The van der Waals surface area contributed by atoms with Crippen molar-refractivity contribution >= 4 is 6.03 Å². The standard InChI is InChI=1S/C16H21N3O2/c1-4-7-19(15(18)20)13-9-16(2,3)21-14-6-5-11(10-17)8-12(13)14/h5-6,8,13H,4,7,9H2,1-3H3,(H2,18,20). The summed E-state index contributed by atoms with van der Waals surface area (Å²) in [6.45, 7) is 6.58. The first kappa shape index (κ1) is 15.2. The van der Waals surface area contributed by atoms with Crippen molar-refractivity contribution in [1.29, 1.82) is 5.26 Å². The Morgan fingerprint density at radius 2 is 2.29 bits per heavy atom. The largest absolute Gasteiger partial charge is 0.487 e. The maximum Gasteiger partial charge on any atom is 0.315 e. The number of carbonyl (C=O) groups excluding carboxylic acids is 1. The van der Waals surface area contributed by atoms with Crippen LogP contribution in [0.3, 0.4) is 0 Å². The van der Waals surface area contributed by atoms with Crippen LogP contribution in [0.2, 0.25) is 0 Å². The molecule has 0 spiro atoms. The van der Waals surface area contributed by atoms with Gasteiger partial charge in [0.1, 0.15) is 11.4 Å². The van der Waals surface area contributed by atoms with E-state index in [9.17, 15) is 4.79 Å². The highest BCUT2D eigenvalue weighted by molar-refractivity contribution is 5.73. The summed E-state index contributed by atoms with van der Waals surface area (Å²) in [4.78, 5) is 13.5. The van der Waals surface area contributed by atoms with Crippen LogP contribution in [0.4, 0.5) is 4.79 Å². The van der Waals surface area contributed by atoms with Gasteiger partial charge in [0.2, 0.25) is 0 Å². The van der Waals surface area contributed by atoms with Crippen LogP contribution in [0, 0.1) is 11.3 Å². The number of hydrogen-bond acceptors (Lipinski definition) is 3. The SMILES string of the molecule is CCCN(C(N)=O)C1CC(C)(C)Oc2ccc(C#N)cc21. The maximum absolute atomic E-state index is 11.8. The van der Waals surface area contributed by atoms with Gasteiger partial charge < -0.3 is 15.4 Å². The Balaban J connectivity index is 2.50. The predicted molar refractivity (Wildman–Crippen MR) is 79.8 cm³/mol. The van der Waals surface area contributed by atoms with E-state index in [1.807, 2.05) is 20.8 Å². The normalized spacial score (nSPS) is 19.0. The van der Waals surface area contributed by atoms with Gasteiger partial charge in [-0.3, -0.25) is 0 Å². The molecular formula is C16H21N3O2. The van der Waals surface area contributed by atoms with Gasteiger partial charge in [0.15, 0.2) is 0 Å². The van der Waals surface area contributed by atoms with Crippen molar-refractivity contribution in [2.75, 3.05) is 6.54 Å². The molecule has 0 saturated heterocycles. The summed E-state index contributed by atoms with van der Waals surface area (Å²) in [5.41, 5.74) is 6.59. The zero-order chi connectivity index (χ0) is 15.6. The molecule has 1 aliphatic heterocycles. The molecule has 5 heteroatoms. The van der Waals surface area contributed by atoms with Crippen LogP contribution in [0.15, 0.2) is 18.2 Å². The number of benzene rings is 1. The van der Waals surface area contributed by atoms with E-state index in [1.54, 1.807) is 23.1 Å². The molecule has 0 radical (unpaired) electrons. The number of nitrogens with zero attached hydrogens (tertiary/aromatic N) is 2. The van der Waals surface area contributed by atoms with Crippen LogP contribution in [0.5, 0.6) is 5.75 Å². The van der Waals surface area contributed by atoms with E-state index >= 15 is 0 Å². The second-order valence-corrected chi connectivity index (χ2v) is 5.98. The van der Waals surface area contributed by atoms with Gasteiger partial charge in [-0.25, -0.2) is 4.79 Å². The molecule has 0 bridgehead atoms. The highest BCUT2D eigenvalue weighted by atomic mass is 16.5. The lowest BCUT2D eigenvalue weighted by Gasteiger charge is -2.42. The van der Waals surface area contributed by atoms with Gasteiger partial charge in [0, 0.05) is 18.5 Å². The van der Waals surface area contributed by atoms with Crippen molar-refractivity contribution in [2.24, 2.45) is 5.73 Å². The molecule has 1 aromatic rings. The van der Waals surface area contributed by atoms with Gasteiger partial charge in [-0.15, -0.1) is 0 Å². The van der Waals surface area contributed by atoms with E-state index in [0.29, 0.717) is 18.5 Å². The quantitative estimate of drug-likeness (QED) is 0.928. The van der Waals surface area contributed by atoms with Gasteiger partial charge >= 0.3 is 6.03 Å². The molecule has 1 unspecified atom stereocenters. The first-order valence-corrected chi connectivity index (χ1v) is 7.17. The van der Waals surface area contributed by atoms with Gasteiger partial charge in [-0.05, 0) is 38.5 Å². The predicted octanol–water partition coefficient (Wildman–Crippen LogP) is 2.95. The van der Waals surface area contributed by atoms with Gasteiger partial charge in [0.05, 0.1) is 17.7 Å². The molecule has 1 aliphatic rings. The van der Waals surface area contributed by atoms with Crippen LogP contribution in [-0.4, -0.2) is 23.1 Å². The second-order valence-electron chi connectivity index (χ2n) is 5.98. The van der Waals surface area contributed by atoms with Gasteiger partial charge in [0.25, 0.3) is 0 Å². The first-order valence-electron chi connectivity index (χ1n) is 7.17. The lowest BCUT2D eigenvalue weighted by Crippen LogP contribution is -2.46. The van der Waals surface area contributed by atoms with Crippen molar-refractivity contribution in [2.45, 2.75) is 45.3 Å². The molecule has 0 aliphatic carbocycles. The minimum absolute atomic E-state index is 0.158. The average molecular weight is 287 g/mol. The number of ether oxygens (including phenoxy) is 1. The van der Waals surface area contributed by atoms with Gasteiger partial charge in [-0.2, -0.15) is 5.26 Å². The summed E-state index contributed by atoms with van der Waals surface area (Å²) in [6.07, 6.45) is 1.48. The third-order valence-corrected chi connectivity index (χ3v) is 3.69. The monoisotopic (exact) mass is 287 g/mol. The Hall–Kier alpha value is -2.22. The fraction of sp³-hybridized carbons (Fsp3) is 0.500. The number of urea groups is 1. The highest BCUT2D eigenvalue weighted by Crippen LogP contribution is 2.42. The van der Waals surface area contributed by atoms with Crippen molar-refractivity contribution in [3.8, 4) is 11.8 Å². The Morgan fingerprint density at radius 1 is 1.57 bits per heavy atom. The van der Waals surface area contributed by atoms with Crippen molar-refractivity contribution in [1.82, 2.24) is 4.90 Å². The summed E-state index contributed by atoms with van der Waals surface area (Å²) in [5.74, 6) is 0.720. The van der Waals surface area contributed by atoms with Crippen molar-refractivity contribution in [3.63, 3.8) is 0 Å². The second kappa shape index (κ2) is 5.65. The molecule has 1 atom stereocenters. The number of nitrogens with two attached hydrogens (primary N) is 1. The fourth-order valence-corrected chi connectivity index (χ4v) is 2.82. The topological polar surface area (TPSA) is 79.3 Å². The number of fused-ring (bicyclic) bond motifs is 1. The number of nitriles is 1. The molecule has 2 rings (SSSR count). The van der Waals surface area contributed by atoms with E-state index in [0.717, 1.165) is 17.7 Å². The number of hydrogen-bond donors (Lipinski definition) is 1. The van der Waals surface area contributed by atoms with E-state index < -0.39 is 6.03 Å². The Bertz CT molecular complexity index is 590. The molecule has 0 aromatic heterocycles. The molecular weight excluding hydrogens is 266 g/mol. The van der Waals surface area contributed by atoms with E-state index in [1.165, 1.54) is 0 Å². The number of amides is 2. The minimum atomic E-state index is -0.437. The number of carbonyl (C=O) groups is 1. The third-order valence-electron chi connectivity index (χ3n) is 3.69. The van der Waals surface area contributed by atoms with Crippen LogP contribution in [0.1, 0.15) is 50.8 Å². The minimum Gasteiger partial charge on any atom is -0.487 e. The smallest absolute Gasteiger partial charge is 0.315 e. The highest BCUT2D eigenvalue weighted by Gasteiger charge is 2.38. The Morgan fingerprint density at radius 3 is 2.86 bits per heavy atom. The molecule has 2 N–H and O–H groups in total. The average Bonchev–Trinajstić information content (AvgIpc) is 2.42. The molecule has 5 nitrogen and oxygen atoms in total. The first-order chi connectivity index (χ1) is 9.88. The van der Waals surface area contributed by atoms with Crippen LogP contribution in [-0.2, 0) is 0 Å². The zero-order valence-corrected chi connectivity index (χ0v) is 12.7. The third kappa shape index (κ3) is 3.10.